The molecule has 0 aliphatic carbocycles. The van der Waals surface area contributed by atoms with Crippen LogP contribution in [0, 0.1) is 12.7 Å². The van der Waals surface area contributed by atoms with Crippen molar-refractivity contribution in [3.05, 3.63) is 58.4 Å². The maximum Gasteiger partial charge on any atom is 0.130 e. The largest absolute Gasteiger partial charge is 0.457 e. The van der Waals surface area contributed by atoms with Crippen molar-refractivity contribution in [3.63, 3.8) is 0 Å². The van der Waals surface area contributed by atoms with Gasteiger partial charge in [0.25, 0.3) is 0 Å². The average Bonchev–Trinajstić information content (AvgIpc) is 2.32. The average molecular weight is 280 g/mol. The number of hydrogen-bond donors (Lipinski definition) is 1. The van der Waals surface area contributed by atoms with E-state index in [0.717, 1.165) is 11.1 Å². The van der Waals surface area contributed by atoms with Gasteiger partial charge in [-0.1, -0.05) is 11.6 Å². The zero-order chi connectivity index (χ0) is 13.8. The summed E-state index contributed by atoms with van der Waals surface area (Å²) in [5.41, 5.74) is 1.75. The lowest BCUT2D eigenvalue weighted by Gasteiger charge is -2.10. The summed E-state index contributed by atoms with van der Waals surface area (Å²) in [6.45, 7) is 2.49. The number of rotatable bonds is 4. The summed E-state index contributed by atoms with van der Waals surface area (Å²) in [6, 6.07) is 10.0. The standard InChI is InChI=1S/C15H15ClFNO/c1-10-5-12(16)3-4-15(10)19-14-7-11(9-18-2)6-13(17)8-14/h3-8,18H,9H2,1-2H3. The summed E-state index contributed by atoms with van der Waals surface area (Å²) in [6.07, 6.45) is 0. The lowest BCUT2D eigenvalue weighted by atomic mass is 10.2. The molecule has 0 unspecified atom stereocenters. The smallest absolute Gasteiger partial charge is 0.130 e. The maximum atomic E-state index is 13.5. The van der Waals surface area contributed by atoms with E-state index >= 15 is 0 Å². The SMILES string of the molecule is CNCc1cc(F)cc(Oc2ccc(Cl)cc2C)c1. The van der Waals surface area contributed by atoms with E-state index in [-0.39, 0.29) is 5.82 Å². The van der Waals surface area contributed by atoms with Crippen molar-refractivity contribution in [2.75, 3.05) is 7.05 Å². The molecule has 2 nitrogen and oxygen atoms in total. The minimum atomic E-state index is -0.311. The molecule has 0 saturated heterocycles. The first-order chi connectivity index (χ1) is 9.08. The molecule has 0 radical (unpaired) electrons. The molecule has 0 spiro atoms. The molecule has 0 amide bonds. The molecular weight excluding hydrogens is 265 g/mol. The Morgan fingerprint density at radius 3 is 2.68 bits per heavy atom. The van der Waals surface area contributed by atoms with E-state index in [1.54, 1.807) is 12.1 Å². The third kappa shape index (κ3) is 3.69. The van der Waals surface area contributed by atoms with E-state index in [9.17, 15) is 4.39 Å². The summed E-state index contributed by atoms with van der Waals surface area (Å²) in [5.74, 6) is 0.843. The van der Waals surface area contributed by atoms with Gasteiger partial charge in [-0.3, -0.25) is 0 Å². The lowest BCUT2D eigenvalue weighted by molar-refractivity contribution is 0.472. The Balaban J connectivity index is 2.27. The molecule has 1 N–H and O–H groups in total. The topological polar surface area (TPSA) is 21.3 Å². The number of nitrogens with one attached hydrogen (secondary N) is 1. The van der Waals surface area contributed by atoms with Crippen molar-refractivity contribution < 1.29 is 9.13 Å². The van der Waals surface area contributed by atoms with Crippen molar-refractivity contribution >= 4 is 11.6 Å². The number of halogens is 2. The Morgan fingerprint density at radius 1 is 1.21 bits per heavy atom. The summed E-state index contributed by atoms with van der Waals surface area (Å²) in [4.78, 5) is 0. The van der Waals surface area contributed by atoms with Crippen molar-refractivity contribution in [1.82, 2.24) is 5.32 Å². The Hall–Kier alpha value is -1.58. The highest BCUT2D eigenvalue weighted by Crippen LogP contribution is 2.28. The molecule has 0 saturated carbocycles. The van der Waals surface area contributed by atoms with Crippen LogP contribution in [0.5, 0.6) is 11.5 Å². The molecule has 19 heavy (non-hydrogen) atoms. The second-order valence-corrected chi connectivity index (χ2v) is 4.77. The third-order valence-electron chi connectivity index (χ3n) is 2.68. The van der Waals surface area contributed by atoms with E-state index in [2.05, 4.69) is 5.32 Å². The fraction of sp³-hybridized carbons (Fsp3) is 0.200. The van der Waals surface area contributed by atoms with Gasteiger partial charge in [0.2, 0.25) is 0 Å². The van der Waals surface area contributed by atoms with Gasteiger partial charge in [0.1, 0.15) is 17.3 Å². The van der Waals surface area contributed by atoms with Crippen LogP contribution in [0.15, 0.2) is 36.4 Å². The summed E-state index contributed by atoms with van der Waals surface area (Å²) in [5, 5.41) is 3.63. The molecule has 2 rings (SSSR count). The number of hydrogen-bond acceptors (Lipinski definition) is 2. The van der Waals surface area contributed by atoms with E-state index in [1.165, 1.54) is 12.1 Å². The molecule has 0 aliphatic heterocycles. The van der Waals surface area contributed by atoms with Crippen molar-refractivity contribution in [1.29, 1.82) is 0 Å². The third-order valence-corrected chi connectivity index (χ3v) is 2.91. The first-order valence-corrected chi connectivity index (χ1v) is 6.34. The number of benzene rings is 2. The lowest BCUT2D eigenvalue weighted by Crippen LogP contribution is -2.05. The molecule has 100 valence electrons. The minimum absolute atomic E-state index is 0.311. The van der Waals surface area contributed by atoms with Crippen LogP contribution < -0.4 is 10.1 Å². The molecule has 4 heteroatoms. The quantitative estimate of drug-likeness (QED) is 0.901. The van der Waals surface area contributed by atoms with Crippen LogP contribution in [-0.2, 0) is 6.54 Å². The van der Waals surface area contributed by atoms with Crippen LogP contribution in [0.1, 0.15) is 11.1 Å². The van der Waals surface area contributed by atoms with Gasteiger partial charge in [0, 0.05) is 17.6 Å². The van der Waals surface area contributed by atoms with Crippen LogP contribution in [0.4, 0.5) is 4.39 Å². The summed E-state index contributed by atoms with van der Waals surface area (Å²) < 4.78 is 19.2. The van der Waals surface area contributed by atoms with Gasteiger partial charge in [0.15, 0.2) is 0 Å². The van der Waals surface area contributed by atoms with Crippen molar-refractivity contribution in [2.24, 2.45) is 0 Å². The zero-order valence-electron chi connectivity index (χ0n) is 10.8. The first-order valence-electron chi connectivity index (χ1n) is 5.96. The predicted molar refractivity (Wildman–Crippen MR) is 75.4 cm³/mol. The Morgan fingerprint density at radius 2 is 2.00 bits per heavy atom. The van der Waals surface area contributed by atoms with Crippen LogP contribution >= 0.6 is 11.6 Å². The van der Waals surface area contributed by atoms with E-state index in [1.807, 2.05) is 26.1 Å². The zero-order valence-corrected chi connectivity index (χ0v) is 11.6. The molecule has 0 aromatic heterocycles. The number of ether oxygens (including phenoxy) is 1. The summed E-state index contributed by atoms with van der Waals surface area (Å²) >= 11 is 5.89. The van der Waals surface area contributed by atoms with Crippen LogP contribution in [0.2, 0.25) is 5.02 Å². The van der Waals surface area contributed by atoms with Crippen LogP contribution in [-0.4, -0.2) is 7.05 Å². The minimum Gasteiger partial charge on any atom is -0.457 e. The van der Waals surface area contributed by atoms with Gasteiger partial charge in [-0.05, 0) is 55.4 Å². The Labute approximate surface area is 117 Å². The molecule has 2 aromatic rings. The second-order valence-electron chi connectivity index (χ2n) is 4.34. The molecule has 0 bridgehead atoms. The first kappa shape index (κ1) is 13.8. The maximum absolute atomic E-state index is 13.5. The Kier molecular flexibility index (Phi) is 4.40. The Bertz CT molecular complexity index is 586. The summed E-state index contributed by atoms with van der Waals surface area (Å²) in [7, 11) is 1.81. The number of aryl methyl sites for hydroxylation is 1. The molecular formula is C15H15ClFNO. The van der Waals surface area contributed by atoms with Gasteiger partial charge in [-0.25, -0.2) is 4.39 Å². The molecule has 0 atom stereocenters. The van der Waals surface area contributed by atoms with Gasteiger partial charge in [-0.15, -0.1) is 0 Å². The van der Waals surface area contributed by atoms with Crippen molar-refractivity contribution in [2.45, 2.75) is 13.5 Å². The molecule has 0 heterocycles. The highest BCUT2D eigenvalue weighted by atomic mass is 35.5. The second kappa shape index (κ2) is 6.04. The van der Waals surface area contributed by atoms with Gasteiger partial charge in [-0.2, -0.15) is 0 Å². The van der Waals surface area contributed by atoms with Gasteiger partial charge in [0.05, 0.1) is 0 Å². The van der Waals surface area contributed by atoms with E-state index < -0.39 is 0 Å². The predicted octanol–water partition coefficient (Wildman–Crippen LogP) is 4.30. The fourth-order valence-corrected chi connectivity index (χ4v) is 2.07. The molecule has 2 aromatic carbocycles. The van der Waals surface area contributed by atoms with E-state index in [4.69, 9.17) is 16.3 Å². The fourth-order valence-electron chi connectivity index (χ4n) is 1.84. The van der Waals surface area contributed by atoms with Crippen LogP contribution in [0.25, 0.3) is 0 Å². The van der Waals surface area contributed by atoms with Gasteiger partial charge >= 0.3 is 0 Å². The van der Waals surface area contributed by atoms with Crippen LogP contribution in [0.3, 0.4) is 0 Å². The van der Waals surface area contributed by atoms with Gasteiger partial charge < -0.3 is 10.1 Å². The normalized spacial score (nSPS) is 10.5. The van der Waals surface area contributed by atoms with E-state index in [0.29, 0.717) is 23.1 Å². The highest BCUT2D eigenvalue weighted by molar-refractivity contribution is 6.30. The molecule has 0 aliphatic rings. The monoisotopic (exact) mass is 279 g/mol. The van der Waals surface area contributed by atoms with Crippen molar-refractivity contribution in [3.8, 4) is 11.5 Å². The molecule has 0 fully saturated rings. The highest BCUT2D eigenvalue weighted by Gasteiger charge is 2.05.